The Labute approximate surface area is 159 Å². The molecule has 1 aromatic heterocycles. The third kappa shape index (κ3) is 3.90. The normalized spacial score (nSPS) is 13.2. The molecule has 136 valence electrons. The molecule has 3 rings (SSSR count). The van der Waals surface area contributed by atoms with Gasteiger partial charge in [-0.15, -0.1) is 0 Å². The lowest BCUT2D eigenvalue weighted by atomic mass is 9.88. The number of hydrogen-bond donors (Lipinski definition) is 1. The van der Waals surface area contributed by atoms with E-state index in [4.69, 9.17) is 16.3 Å². The molecule has 0 spiro atoms. The second-order valence-electron chi connectivity index (χ2n) is 7.46. The van der Waals surface area contributed by atoms with Crippen LogP contribution in [0.15, 0.2) is 48.7 Å². The van der Waals surface area contributed by atoms with Gasteiger partial charge < -0.3 is 9.84 Å². The first-order valence-electron chi connectivity index (χ1n) is 8.73. The number of aryl methyl sites for hydroxylation is 1. The molecular formula is C22H24ClNO2. The maximum Gasteiger partial charge on any atom is 0.107 e. The molecule has 1 atom stereocenters. The maximum absolute atomic E-state index is 10.1. The molecule has 4 heteroatoms. The molecule has 1 heterocycles. The fourth-order valence-corrected chi connectivity index (χ4v) is 3.45. The highest BCUT2D eigenvalue weighted by molar-refractivity contribution is 6.30. The van der Waals surface area contributed by atoms with Crippen molar-refractivity contribution in [1.82, 2.24) is 4.98 Å². The van der Waals surface area contributed by atoms with Gasteiger partial charge in [-0.3, -0.25) is 4.98 Å². The summed E-state index contributed by atoms with van der Waals surface area (Å²) in [5.41, 5.74) is 4.65. The number of aliphatic hydroxyl groups is 1. The van der Waals surface area contributed by atoms with Crippen LogP contribution in [0.25, 0.3) is 22.0 Å². The van der Waals surface area contributed by atoms with E-state index in [0.717, 1.165) is 33.2 Å². The number of halogens is 1. The number of pyridine rings is 1. The van der Waals surface area contributed by atoms with E-state index in [1.54, 1.807) is 6.20 Å². The summed E-state index contributed by atoms with van der Waals surface area (Å²) in [6.07, 6.45) is 1.37. The lowest BCUT2D eigenvalue weighted by Gasteiger charge is -2.30. The molecule has 0 aliphatic heterocycles. The Morgan fingerprint density at radius 1 is 1.15 bits per heavy atom. The van der Waals surface area contributed by atoms with Gasteiger partial charge in [-0.2, -0.15) is 0 Å². The van der Waals surface area contributed by atoms with Crippen LogP contribution in [0.5, 0.6) is 0 Å². The van der Waals surface area contributed by atoms with Crippen molar-refractivity contribution in [2.45, 2.75) is 39.4 Å². The molecular weight excluding hydrogens is 346 g/mol. The van der Waals surface area contributed by atoms with Crippen LogP contribution in [-0.2, 0) is 4.74 Å². The fraction of sp³-hybridized carbons (Fsp3) is 0.318. The summed E-state index contributed by atoms with van der Waals surface area (Å²) in [4.78, 5) is 4.52. The van der Waals surface area contributed by atoms with Gasteiger partial charge in [-0.05, 0) is 74.2 Å². The van der Waals surface area contributed by atoms with Crippen molar-refractivity contribution >= 4 is 22.5 Å². The minimum atomic E-state index is -0.426. The lowest BCUT2D eigenvalue weighted by Crippen LogP contribution is -2.25. The van der Waals surface area contributed by atoms with Crippen molar-refractivity contribution in [3.05, 3.63) is 64.8 Å². The van der Waals surface area contributed by atoms with Gasteiger partial charge in [0.2, 0.25) is 0 Å². The third-order valence-corrected chi connectivity index (χ3v) is 4.52. The van der Waals surface area contributed by atoms with Gasteiger partial charge in [0.1, 0.15) is 6.10 Å². The highest BCUT2D eigenvalue weighted by Crippen LogP contribution is 2.39. The molecule has 0 unspecified atom stereocenters. The summed E-state index contributed by atoms with van der Waals surface area (Å²) in [6.45, 7) is 7.93. The zero-order valence-corrected chi connectivity index (χ0v) is 16.3. The molecule has 0 saturated heterocycles. The average molecular weight is 370 g/mol. The van der Waals surface area contributed by atoms with Crippen LogP contribution < -0.4 is 0 Å². The molecule has 0 saturated carbocycles. The van der Waals surface area contributed by atoms with Gasteiger partial charge in [-0.25, -0.2) is 0 Å². The van der Waals surface area contributed by atoms with Gasteiger partial charge >= 0.3 is 0 Å². The van der Waals surface area contributed by atoms with Crippen molar-refractivity contribution in [3.63, 3.8) is 0 Å². The maximum atomic E-state index is 10.1. The lowest BCUT2D eigenvalue weighted by molar-refractivity contribution is -0.0821. The van der Waals surface area contributed by atoms with Crippen LogP contribution in [0.2, 0.25) is 5.02 Å². The van der Waals surface area contributed by atoms with E-state index < -0.39 is 6.10 Å². The molecule has 3 aromatic rings. The van der Waals surface area contributed by atoms with Crippen LogP contribution in [-0.4, -0.2) is 22.3 Å². The summed E-state index contributed by atoms with van der Waals surface area (Å²) in [5, 5.41) is 11.8. The number of rotatable bonds is 4. The molecule has 0 radical (unpaired) electrons. The Morgan fingerprint density at radius 2 is 1.85 bits per heavy atom. The Balaban J connectivity index is 2.32. The monoisotopic (exact) mass is 369 g/mol. The van der Waals surface area contributed by atoms with Crippen molar-refractivity contribution in [2.75, 3.05) is 6.61 Å². The van der Waals surface area contributed by atoms with Gasteiger partial charge in [0.05, 0.1) is 17.7 Å². The van der Waals surface area contributed by atoms with Crippen molar-refractivity contribution in [3.8, 4) is 11.1 Å². The third-order valence-electron chi connectivity index (χ3n) is 4.27. The predicted octanol–water partition coefficient (Wildman–Crippen LogP) is 5.71. The van der Waals surface area contributed by atoms with Gasteiger partial charge in [-0.1, -0.05) is 29.8 Å². The Morgan fingerprint density at radius 3 is 2.46 bits per heavy atom. The summed E-state index contributed by atoms with van der Waals surface area (Å²) in [7, 11) is 0. The molecule has 0 aliphatic rings. The number of ether oxygens (including phenoxy) is 1. The molecule has 2 aromatic carbocycles. The fourth-order valence-electron chi connectivity index (χ4n) is 3.33. The zero-order chi connectivity index (χ0) is 18.9. The first kappa shape index (κ1) is 18.8. The molecule has 1 N–H and O–H groups in total. The number of benzene rings is 2. The number of aliphatic hydroxyl groups excluding tert-OH is 1. The van der Waals surface area contributed by atoms with Crippen molar-refractivity contribution in [2.24, 2.45) is 0 Å². The second kappa shape index (κ2) is 7.36. The molecule has 26 heavy (non-hydrogen) atoms. The molecule has 0 fully saturated rings. The van der Waals surface area contributed by atoms with Crippen LogP contribution in [0.3, 0.4) is 0 Å². The zero-order valence-electron chi connectivity index (χ0n) is 15.6. The van der Waals surface area contributed by atoms with E-state index in [1.807, 2.05) is 58.0 Å². The number of fused-ring (bicyclic) bond motifs is 1. The smallest absolute Gasteiger partial charge is 0.107 e. The summed E-state index contributed by atoms with van der Waals surface area (Å²) in [5.74, 6) is 0. The molecule has 0 amide bonds. The summed E-state index contributed by atoms with van der Waals surface area (Å²) in [6, 6.07) is 13.8. The van der Waals surface area contributed by atoms with Crippen molar-refractivity contribution in [1.29, 1.82) is 0 Å². The minimum Gasteiger partial charge on any atom is -0.393 e. The van der Waals surface area contributed by atoms with Gasteiger partial charge in [0.25, 0.3) is 0 Å². The van der Waals surface area contributed by atoms with Crippen molar-refractivity contribution < 1.29 is 9.84 Å². The Hall–Kier alpha value is -1.94. The predicted molar refractivity (Wildman–Crippen MR) is 108 cm³/mol. The standard InChI is InChI=1S/C22H24ClNO2/c1-14-12-18-17(6-5-11-24-18)21(15-7-9-16(23)10-8-15)20(14)19(13-25)26-22(2,3)4/h5-12,19,25H,13H2,1-4H3/t19-/m1/s1. The largest absolute Gasteiger partial charge is 0.393 e. The average Bonchev–Trinajstić information content (AvgIpc) is 2.59. The van der Waals surface area contributed by atoms with E-state index in [2.05, 4.69) is 17.1 Å². The first-order chi connectivity index (χ1) is 12.3. The first-order valence-corrected chi connectivity index (χ1v) is 9.11. The van der Waals surface area contributed by atoms with E-state index in [9.17, 15) is 5.11 Å². The quantitative estimate of drug-likeness (QED) is 0.640. The number of aromatic nitrogens is 1. The highest BCUT2D eigenvalue weighted by Gasteiger charge is 2.25. The SMILES string of the molecule is Cc1cc2ncccc2c(-c2ccc(Cl)cc2)c1[C@@H](CO)OC(C)(C)C. The van der Waals surface area contributed by atoms with Crippen LogP contribution in [0.1, 0.15) is 38.0 Å². The summed E-state index contributed by atoms with van der Waals surface area (Å²) < 4.78 is 6.19. The van der Waals surface area contributed by atoms with Gasteiger partial charge in [0, 0.05) is 16.6 Å². The highest BCUT2D eigenvalue weighted by atomic mass is 35.5. The van der Waals surface area contributed by atoms with Crippen LogP contribution >= 0.6 is 11.6 Å². The molecule has 3 nitrogen and oxygen atoms in total. The van der Waals surface area contributed by atoms with Gasteiger partial charge in [0.15, 0.2) is 0 Å². The minimum absolute atomic E-state index is 0.0928. The Bertz CT molecular complexity index is 914. The molecule has 0 bridgehead atoms. The van der Waals surface area contributed by atoms with E-state index in [1.165, 1.54) is 0 Å². The second-order valence-corrected chi connectivity index (χ2v) is 7.90. The van der Waals surface area contributed by atoms with E-state index in [-0.39, 0.29) is 12.2 Å². The van der Waals surface area contributed by atoms with Crippen LogP contribution in [0, 0.1) is 6.92 Å². The topological polar surface area (TPSA) is 42.4 Å². The number of nitrogens with zero attached hydrogens (tertiary/aromatic N) is 1. The summed E-state index contributed by atoms with van der Waals surface area (Å²) >= 11 is 6.09. The molecule has 0 aliphatic carbocycles. The van der Waals surface area contributed by atoms with E-state index >= 15 is 0 Å². The number of hydrogen-bond acceptors (Lipinski definition) is 3. The van der Waals surface area contributed by atoms with Crippen LogP contribution in [0.4, 0.5) is 0 Å². The Kier molecular flexibility index (Phi) is 5.33. The van der Waals surface area contributed by atoms with E-state index in [0.29, 0.717) is 5.02 Å².